The lowest BCUT2D eigenvalue weighted by molar-refractivity contribution is -0.128. The molecule has 1 saturated heterocycles. The summed E-state index contributed by atoms with van der Waals surface area (Å²) in [5.41, 5.74) is 0. The summed E-state index contributed by atoms with van der Waals surface area (Å²) < 4.78 is 0.682. The number of carbonyl (C=O) groups excluding carboxylic acids is 1. The lowest BCUT2D eigenvalue weighted by Gasteiger charge is -2.10. The summed E-state index contributed by atoms with van der Waals surface area (Å²) in [7, 11) is 1.82. The number of carbonyl (C=O) groups is 1. The third kappa shape index (κ3) is 2.48. The summed E-state index contributed by atoms with van der Waals surface area (Å²) in [5.74, 6) is 0.164. The highest BCUT2D eigenvalue weighted by Gasteiger charge is 2.28. The molecule has 2 heterocycles. The van der Waals surface area contributed by atoms with Crippen molar-refractivity contribution in [2.24, 2.45) is 0 Å². The molecule has 1 amide bonds. The first-order valence-electron chi connectivity index (χ1n) is 4.75. The number of hydrogen-bond acceptors (Lipinski definition) is 4. The van der Waals surface area contributed by atoms with E-state index in [1.165, 1.54) is 11.3 Å². The summed E-state index contributed by atoms with van der Waals surface area (Å²) in [4.78, 5) is 17.4. The van der Waals surface area contributed by atoms with Crippen molar-refractivity contribution in [3.05, 3.63) is 15.5 Å². The van der Waals surface area contributed by atoms with E-state index in [4.69, 9.17) is 11.6 Å². The van der Waals surface area contributed by atoms with Gasteiger partial charge < -0.3 is 4.90 Å². The Balaban J connectivity index is 1.86. The molecule has 15 heavy (non-hydrogen) atoms. The van der Waals surface area contributed by atoms with Crippen LogP contribution in [0.15, 0.2) is 6.20 Å². The average molecular weight is 246 g/mol. The zero-order valence-electron chi connectivity index (χ0n) is 8.36. The monoisotopic (exact) mass is 245 g/mol. The molecule has 1 N–H and O–H groups in total. The van der Waals surface area contributed by atoms with Gasteiger partial charge in [0.1, 0.15) is 9.34 Å². The van der Waals surface area contributed by atoms with Gasteiger partial charge in [-0.1, -0.05) is 11.6 Å². The molecule has 4 nitrogen and oxygen atoms in total. The summed E-state index contributed by atoms with van der Waals surface area (Å²) in [6.07, 6.45) is 2.50. The number of nitrogens with one attached hydrogen (secondary N) is 1. The molecule has 1 fully saturated rings. The highest BCUT2D eigenvalue weighted by molar-refractivity contribution is 7.15. The van der Waals surface area contributed by atoms with Gasteiger partial charge in [0.15, 0.2) is 0 Å². The maximum absolute atomic E-state index is 11.6. The first kappa shape index (κ1) is 10.9. The van der Waals surface area contributed by atoms with Crippen LogP contribution >= 0.6 is 22.9 Å². The van der Waals surface area contributed by atoms with Gasteiger partial charge in [-0.3, -0.25) is 10.1 Å². The second kappa shape index (κ2) is 4.47. The van der Waals surface area contributed by atoms with Gasteiger partial charge >= 0.3 is 0 Å². The normalized spacial score (nSPS) is 21.3. The van der Waals surface area contributed by atoms with Crippen LogP contribution in [0, 0.1) is 0 Å². The molecule has 0 aliphatic carbocycles. The minimum atomic E-state index is -0.0577. The number of likely N-dealkylation sites (N-methyl/N-ethyl adjacent to an activating group) is 1. The van der Waals surface area contributed by atoms with Crippen molar-refractivity contribution < 1.29 is 4.79 Å². The van der Waals surface area contributed by atoms with Crippen LogP contribution in [0.1, 0.15) is 11.4 Å². The molecule has 1 aliphatic heterocycles. The van der Waals surface area contributed by atoms with E-state index in [2.05, 4.69) is 10.3 Å². The molecule has 1 atom stereocenters. The number of nitrogens with zero attached hydrogens (tertiary/aromatic N) is 2. The molecular formula is C9H12ClN3OS. The van der Waals surface area contributed by atoms with Crippen LogP contribution in [-0.2, 0) is 11.3 Å². The lowest BCUT2D eigenvalue weighted by atomic mass is 10.2. The number of thiazole rings is 1. The molecule has 1 unspecified atom stereocenters. The fourth-order valence-electron chi connectivity index (χ4n) is 1.59. The topological polar surface area (TPSA) is 45.2 Å². The van der Waals surface area contributed by atoms with Crippen LogP contribution in [0.25, 0.3) is 0 Å². The second-order valence-corrected chi connectivity index (χ2v) is 5.29. The molecule has 82 valence electrons. The van der Waals surface area contributed by atoms with Gasteiger partial charge in [0.05, 0.1) is 12.2 Å². The summed E-state index contributed by atoms with van der Waals surface area (Å²) in [6, 6.07) is -0.0577. The summed E-state index contributed by atoms with van der Waals surface area (Å²) in [5, 5.41) is 4.11. The Morgan fingerprint density at radius 2 is 2.60 bits per heavy atom. The number of halogens is 1. The Morgan fingerprint density at radius 3 is 3.13 bits per heavy atom. The molecule has 2 rings (SSSR count). The van der Waals surface area contributed by atoms with E-state index < -0.39 is 0 Å². The van der Waals surface area contributed by atoms with Gasteiger partial charge in [0, 0.05) is 20.1 Å². The third-order valence-corrected chi connectivity index (χ3v) is 3.57. The van der Waals surface area contributed by atoms with Crippen molar-refractivity contribution in [3.8, 4) is 0 Å². The summed E-state index contributed by atoms with van der Waals surface area (Å²) >= 11 is 7.20. The number of amides is 1. The van der Waals surface area contributed by atoms with Gasteiger partial charge in [0.25, 0.3) is 0 Å². The largest absolute Gasteiger partial charge is 0.344 e. The van der Waals surface area contributed by atoms with E-state index in [9.17, 15) is 4.79 Å². The minimum Gasteiger partial charge on any atom is -0.344 e. The molecule has 0 saturated carbocycles. The SMILES string of the molecule is CN1CCC(NCc2ncc(Cl)s2)C1=O. The van der Waals surface area contributed by atoms with Crippen LogP contribution < -0.4 is 5.32 Å². The molecule has 6 heteroatoms. The number of hydrogen-bond donors (Lipinski definition) is 1. The van der Waals surface area contributed by atoms with Crippen molar-refractivity contribution in [1.82, 2.24) is 15.2 Å². The minimum absolute atomic E-state index is 0.0577. The maximum atomic E-state index is 11.6. The molecule has 0 aromatic carbocycles. The smallest absolute Gasteiger partial charge is 0.239 e. The van der Waals surface area contributed by atoms with Crippen molar-refractivity contribution in [3.63, 3.8) is 0 Å². The predicted octanol–water partition coefficient (Wildman–Crippen LogP) is 1.12. The van der Waals surface area contributed by atoms with E-state index in [0.717, 1.165) is 18.0 Å². The van der Waals surface area contributed by atoms with Crippen LogP contribution in [0.3, 0.4) is 0 Å². The first-order valence-corrected chi connectivity index (χ1v) is 5.95. The quantitative estimate of drug-likeness (QED) is 0.868. The van der Waals surface area contributed by atoms with Gasteiger partial charge in [-0.2, -0.15) is 0 Å². The highest BCUT2D eigenvalue weighted by atomic mass is 35.5. The second-order valence-electron chi connectivity index (χ2n) is 3.54. The fourth-order valence-corrected chi connectivity index (χ4v) is 2.50. The Labute approximate surface area is 97.2 Å². The van der Waals surface area contributed by atoms with Gasteiger partial charge in [0.2, 0.25) is 5.91 Å². The van der Waals surface area contributed by atoms with Gasteiger partial charge in [-0.25, -0.2) is 4.98 Å². The Morgan fingerprint density at radius 1 is 1.80 bits per heavy atom. The number of rotatable bonds is 3. The van der Waals surface area contributed by atoms with Crippen molar-refractivity contribution >= 4 is 28.8 Å². The Bertz CT molecular complexity index is 368. The van der Waals surface area contributed by atoms with E-state index in [-0.39, 0.29) is 11.9 Å². The van der Waals surface area contributed by atoms with E-state index in [0.29, 0.717) is 10.9 Å². The molecule has 0 bridgehead atoms. The summed E-state index contributed by atoms with van der Waals surface area (Å²) in [6.45, 7) is 1.44. The molecular weight excluding hydrogens is 234 g/mol. The molecule has 0 radical (unpaired) electrons. The zero-order chi connectivity index (χ0) is 10.8. The maximum Gasteiger partial charge on any atom is 0.239 e. The molecule has 1 aliphatic rings. The molecule has 1 aromatic rings. The van der Waals surface area contributed by atoms with Crippen LogP contribution in [-0.4, -0.2) is 35.4 Å². The van der Waals surface area contributed by atoms with Gasteiger partial charge in [-0.05, 0) is 6.42 Å². The Kier molecular flexibility index (Phi) is 3.23. The average Bonchev–Trinajstić information content (AvgIpc) is 2.74. The predicted molar refractivity (Wildman–Crippen MR) is 60.0 cm³/mol. The fraction of sp³-hybridized carbons (Fsp3) is 0.556. The van der Waals surface area contributed by atoms with E-state index >= 15 is 0 Å². The van der Waals surface area contributed by atoms with Crippen molar-refractivity contribution in [1.29, 1.82) is 0 Å². The molecule has 0 spiro atoms. The van der Waals surface area contributed by atoms with Crippen molar-refractivity contribution in [2.75, 3.05) is 13.6 Å². The lowest BCUT2D eigenvalue weighted by Crippen LogP contribution is -2.36. The standard InChI is InChI=1S/C9H12ClN3OS/c1-13-3-2-6(9(13)14)11-5-8-12-4-7(10)15-8/h4,6,11H,2-3,5H2,1H3. The van der Waals surface area contributed by atoms with E-state index in [1.54, 1.807) is 11.1 Å². The van der Waals surface area contributed by atoms with E-state index in [1.807, 2.05) is 7.05 Å². The third-order valence-electron chi connectivity index (χ3n) is 2.45. The number of aromatic nitrogens is 1. The van der Waals surface area contributed by atoms with Crippen LogP contribution in [0.5, 0.6) is 0 Å². The Hall–Kier alpha value is -0.650. The van der Waals surface area contributed by atoms with Crippen LogP contribution in [0.2, 0.25) is 4.34 Å². The number of likely N-dealkylation sites (tertiary alicyclic amines) is 1. The zero-order valence-corrected chi connectivity index (χ0v) is 9.94. The van der Waals surface area contributed by atoms with Crippen LogP contribution in [0.4, 0.5) is 0 Å². The molecule has 1 aromatic heterocycles. The first-order chi connectivity index (χ1) is 7.16. The van der Waals surface area contributed by atoms with Crippen molar-refractivity contribution in [2.45, 2.75) is 19.0 Å². The highest BCUT2D eigenvalue weighted by Crippen LogP contribution is 2.18. The van der Waals surface area contributed by atoms with Gasteiger partial charge in [-0.15, -0.1) is 11.3 Å².